The molecule has 6 nitrogen and oxygen atoms in total. The van der Waals surface area contributed by atoms with Crippen LogP contribution in [0.1, 0.15) is 32.3 Å². The number of guanidine groups is 1. The molecule has 0 aromatic heterocycles. The first-order chi connectivity index (χ1) is 13.7. The predicted octanol–water partition coefficient (Wildman–Crippen LogP) is 3.21. The van der Waals surface area contributed by atoms with Gasteiger partial charge in [0, 0.05) is 39.3 Å². The number of piperidine rings is 1. The highest BCUT2D eigenvalue weighted by atomic mass is 127. The Labute approximate surface area is 193 Å². The molecule has 1 aromatic rings. The molecule has 0 radical (unpaired) electrons. The fraction of sp³-hybridized carbons (Fsp3) is 0.682. The average molecular weight is 516 g/mol. The average Bonchev–Trinajstić information content (AvgIpc) is 2.73. The van der Waals surface area contributed by atoms with Gasteiger partial charge in [-0.25, -0.2) is 4.99 Å². The summed E-state index contributed by atoms with van der Waals surface area (Å²) in [6, 6.07) is 8.33. The van der Waals surface area contributed by atoms with E-state index in [4.69, 9.17) is 14.5 Å². The molecular weight excluding hydrogens is 479 g/mol. The second-order valence-electron chi connectivity index (χ2n) is 7.79. The largest absolute Gasteiger partial charge is 0.492 e. The van der Waals surface area contributed by atoms with Gasteiger partial charge in [-0.3, -0.25) is 4.90 Å². The number of benzene rings is 1. The number of ether oxygens (including phenoxy) is 2. The van der Waals surface area contributed by atoms with Gasteiger partial charge in [0.15, 0.2) is 5.96 Å². The number of hydrogen-bond donors (Lipinski definition) is 1. The van der Waals surface area contributed by atoms with Crippen LogP contribution in [0.3, 0.4) is 0 Å². The standard InChI is InChI=1S/C22H36N4O2.HI/c1-3-23-22(26-9-7-19(2)8-10-26)24-18-20-5-4-6-21(17-20)28-16-13-25-11-14-27-15-12-25;/h4-6,17,19H,3,7-16,18H2,1-2H3,(H,23,24);1H. The summed E-state index contributed by atoms with van der Waals surface area (Å²) in [6.45, 7) is 13.6. The van der Waals surface area contributed by atoms with Crippen molar-refractivity contribution in [2.24, 2.45) is 10.9 Å². The summed E-state index contributed by atoms with van der Waals surface area (Å²) < 4.78 is 11.4. The molecule has 2 aliphatic heterocycles. The summed E-state index contributed by atoms with van der Waals surface area (Å²) in [4.78, 5) is 9.66. The maximum atomic E-state index is 5.97. The van der Waals surface area contributed by atoms with Crippen LogP contribution >= 0.6 is 24.0 Å². The number of likely N-dealkylation sites (tertiary alicyclic amines) is 1. The van der Waals surface area contributed by atoms with Crippen molar-refractivity contribution in [3.8, 4) is 5.75 Å². The summed E-state index contributed by atoms with van der Waals surface area (Å²) in [5.41, 5.74) is 1.18. The highest BCUT2D eigenvalue weighted by molar-refractivity contribution is 14.0. The van der Waals surface area contributed by atoms with E-state index in [-0.39, 0.29) is 24.0 Å². The molecule has 2 saturated heterocycles. The van der Waals surface area contributed by atoms with Gasteiger partial charge in [0.2, 0.25) is 0 Å². The minimum Gasteiger partial charge on any atom is -0.492 e. The molecule has 1 aromatic carbocycles. The normalized spacial score (nSPS) is 19.0. The molecule has 0 spiro atoms. The van der Waals surface area contributed by atoms with Crippen molar-refractivity contribution < 1.29 is 9.47 Å². The Bertz CT molecular complexity index is 615. The second-order valence-corrected chi connectivity index (χ2v) is 7.79. The molecule has 0 bridgehead atoms. The lowest BCUT2D eigenvalue weighted by Gasteiger charge is -2.33. The van der Waals surface area contributed by atoms with Crippen LogP contribution < -0.4 is 10.1 Å². The molecule has 0 unspecified atom stereocenters. The number of aliphatic imine (C=N–C) groups is 1. The molecule has 2 fully saturated rings. The van der Waals surface area contributed by atoms with E-state index in [1.807, 2.05) is 6.07 Å². The van der Waals surface area contributed by atoms with E-state index >= 15 is 0 Å². The van der Waals surface area contributed by atoms with Crippen LogP contribution in [-0.2, 0) is 11.3 Å². The van der Waals surface area contributed by atoms with Crippen LogP contribution in [0, 0.1) is 5.92 Å². The summed E-state index contributed by atoms with van der Waals surface area (Å²) in [6.07, 6.45) is 2.49. The third-order valence-electron chi connectivity index (χ3n) is 5.51. The Morgan fingerprint density at radius 3 is 2.69 bits per heavy atom. The maximum absolute atomic E-state index is 5.97. The Morgan fingerprint density at radius 1 is 1.21 bits per heavy atom. The molecule has 3 rings (SSSR count). The SMILES string of the molecule is CCNC(=NCc1cccc(OCCN2CCOCC2)c1)N1CCC(C)CC1.I. The van der Waals surface area contributed by atoms with E-state index in [0.717, 1.165) is 70.1 Å². The first kappa shape index (κ1) is 24.2. The Hall–Kier alpha value is -1.06. The van der Waals surface area contributed by atoms with E-state index in [1.54, 1.807) is 0 Å². The third kappa shape index (κ3) is 8.30. The molecule has 29 heavy (non-hydrogen) atoms. The zero-order valence-electron chi connectivity index (χ0n) is 17.9. The van der Waals surface area contributed by atoms with Crippen molar-refractivity contribution in [3.05, 3.63) is 29.8 Å². The van der Waals surface area contributed by atoms with E-state index in [9.17, 15) is 0 Å². The second kappa shape index (κ2) is 13.3. The summed E-state index contributed by atoms with van der Waals surface area (Å²) in [7, 11) is 0. The molecule has 0 atom stereocenters. The molecular formula is C22H37IN4O2. The first-order valence-electron chi connectivity index (χ1n) is 10.8. The van der Waals surface area contributed by atoms with E-state index in [1.165, 1.54) is 18.4 Å². The molecule has 2 heterocycles. The first-order valence-corrected chi connectivity index (χ1v) is 10.8. The van der Waals surface area contributed by atoms with E-state index in [2.05, 4.69) is 47.2 Å². The van der Waals surface area contributed by atoms with Gasteiger partial charge >= 0.3 is 0 Å². The topological polar surface area (TPSA) is 49.3 Å². The zero-order valence-corrected chi connectivity index (χ0v) is 20.3. The van der Waals surface area contributed by atoms with Crippen molar-refractivity contribution in [2.45, 2.75) is 33.2 Å². The van der Waals surface area contributed by atoms with Gasteiger partial charge in [-0.05, 0) is 43.4 Å². The van der Waals surface area contributed by atoms with Crippen LogP contribution in [-0.4, -0.2) is 74.8 Å². The van der Waals surface area contributed by atoms with Crippen molar-refractivity contribution >= 4 is 29.9 Å². The molecule has 2 aliphatic rings. The van der Waals surface area contributed by atoms with Crippen molar-refractivity contribution in [1.82, 2.24) is 15.1 Å². The fourth-order valence-corrected chi connectivity index (χ4v) is 3.66. The summed E-state index contributed by atoms with van der Waals surface area (Å²) >= 11 is 0. The predicted molar refractivity (Wildman–Crippen MR) is 129 cm³/mol. The van der Waals surface area contributed by atoms with Gasteiger partial charge in [0.05, 0.1) is 19.8 Å². The number of rotatable bonds is 7. The Morgan fingerprint density at radius 2 is 1.97 bits per heavy atom. The Balaban J connectivity index is 0.00000300. The molecule has 1 N–H and O–H groups in total. The minimum atomic E-state index is 0. The smallest absolute Gasteiger partial charge is 0.194 e. The van der Waals surface area contributed by atoms with E-state index in [0.29, 0.717) is 13.2 Å². The number of nitrogens with one attached hydrogen (secondary N) is 1. The number of nitrogens with zero attached hydrogens (tertiary/aromatic N) is 3. The van der Waals surface area contributed by atoms with Crippen molar-refractivity contribution in [3.63, 3.8) is 0 Å². The van der Waals surface area contributed by atoms with Crippen LogP contribution in [0.15, 0.2) is 29.3 Å². The van der Waals surface area contributed by atoms with Gasteiger partial charge in [0.25, 0.3) is 0 Å². The van der Waals surface area contributed by atoms with Gasteiger partial charge < -0.3 is 19.7 Å². The number of halogens is 1. The maximum Gasteiger partial charge on any atom is 0.194 e. The molecule has 0 amide bonds. The zero-order chi connectivity index (χ0) is 19.6. The quantitative estimate of drug-likeness (QED) is 0.343. The summed E-state index contributed by atoms with van der Waals surface area (Å²) in [5.74, 6) is 2.79. The number of hydrogen-bond acceptors (Lipinski definition) is 4. The Kier molecular flexibility index (Phi) is 11.1. The highest BCUT2D eigenvalue weighted by Gasteiger charge is 2.18. The van der Waals surface area contributed by atoms with Crippen LogP contribution in [0.2, 0.25) is 0 Å². The van der Waals surface area contributed by atoms with Crippen LogP contribution in [0.25, 0.3) is 0 Å². The summed E-state index contributed by atoms with van der Waals surface area (Å²) in [5, 5.41) is 3.45. The molecule has 0 saturated carbocycles. The van der Waals surface area contributed by atoms with Crippen molar-refractivity contribution in [1.29, 1.82) is 0 Å². The van der Waals surface area contributed by atoms with Crippen LogP contribution in [0.4, 0.5) is 0 Å². The molecule has 7 heteroatoms. The van der Waals surface area contributed by atoms with Crippen LogP contribution in [0.5, 0.6) is 5.75 Å². The fourth-order valence-electron chi connectivity index (χ4n) is 3.66. The lowest BCUT2D eigenvalue weighted by atomic mass is 10.00. The molecule has 0 aliphatic carbocycles. The van der Waals surface area contributed by atoms with Crippen molar-refractivity contribution in [2.75, 3.05) is 59.1 Å². The highest BCUT2D eigenvalue weighted by Crippen LogP contribution is 2.17. The van der Waals surface area contributed by atoms with Gasteiger partial charge in [0.1, 0.15) is 12.4 Å². The van der Waals surface area contributed by atoms with E-state index < -0.39 is 0 Å². The monoisotopic (exact) mass is 516 g/mol. The lowest BCUT2D eigenvalue weighted by molar-refractivity contribution is 0.0322. The lowest BCUT2D eigenvalue weighted by Crippen LogP contribution is -2.45. The minimum absolute atomic E-state index is 0. The van der Waals surface area contributed by atoms with Gasteiger partial charge in [-0.15, -0.1) is 24.0 Å². The number of morpholine rings is 1. The molecule has 164 valence electrons. The van der Waals surface area contributed by atoms with Gasteiger partial charge in [-0.1, -0.05) is 19.1 Å². The van der Waals surface area contributed by atoms with Gasteiger partial charge in [-0.2, -0.15) is 0 Å². The third-order valence-corrected chi connectivity index (χ3v) is 5.51.